The van der Waals surface area contributed by atoms with Crippen LogP contribution in [0.3, 0.4) is 0 Å². The summed E-state index contributed by atoms with van der Waals surface area (Å²) in [6.45, 7) is 13.6. The van der Waals surface area contributed by atoms with E-state index in [-0.39, 0.29) is 5.91 Å². The number of hydrogen-bond donors (Lipinski definition) is 0. The Morgan fingerprint density at radius 1 is 1.15 bits per heavy atom. The molecule has 0 N–H and O–H groups in total. The van der Waals surface area contributed by atoms with Crippen LogP contribution in [0.4, 0.5) is 0 Å². The monoisotopic (exact) mass is 361 g/mol. The highest BCUT2D eigenvalue weighted by Crippen LogP contribution is 2.25. The van der Waals surface area contributed by atoms with Crippen molar-refractivity contribution >= 4 is 5.91 Å². The van der Waals surface area contributed by atoms with Crippen molar-refractivity contribution in [1.29, 1.82) is 0 Å². The second kappa shape index (κ2) is 9.05. The second-order valence-corrected chi connectivity index (χ2v) is 7.68. The molecule has 2 saturated heterocycles. The van der Waals surface area contributed by atoms with Crippen molar-refractivity contribution in [3.63, 3.8) is 0 Å². The van der Waals surface area contributed by atoms with E-state index in [1.165, 1.54) is 31.5 Å². The molecule has 3 rings (SSSR count). The van der Waals surface area contributed by atoms with Crippen molar-refractivity contribution < 1.29 is 9.21 Å². The third-order valence-corrected chi connectivity index (χ3v) is 6.02. The zero-order valence-corrected chi connectivity index (χ0v) is 16.8. The topological polar surface area (TPSA) is 39.9 Å². The molecule has 1 atom stereocenters. The van der Waals surface area contributed by atoms with E-state index in [4.69, 9.17) is 4.42 Å². The lowest BCUT2D eigenvalue weighted by atomic mass is 10.1. The van der Waals surface area contributed by atoms with Gasteiger partial charge in [0.05, 0.1) is 0 Å². The van der Waals surface area contributed by atoms with Crippen LogP contribution in [0.1, 0.15) is 68.3 Å². The average molecular weight is 362 g/mol. The maximum absolute atomic E-state index is 13.1. The van der Waals surface area contributed by atoms with E-state index in [0.717, 1.165) is 57.7 Å². The molecular weight excluding hydrogens is 326 g/mol. The number of likely N-dealkylation sites (tertiary alicyclic amines) is 2. The zero-order chi connectivity index (χ0) is 18.5. The van der Waals surface area contributed by atoms with Gasteiger partial charge in [-0.05, 0) is 57.9 Å². The van der Waals surface area contributed by atoms with Gasteiger partial charge in [0.1, 0.15) is 5.76 Å². The smallest absolute Gasteiger partial charge is 0.289 e. The average Bonchev–Trinajstić information content (AvgIpc) is 3.40. The van der Waals surface area contributed by atoms with Crippen molar-refractivity contribution in [1.82, 2.24) is 14.7 Å². The molecule has 0 aliphatic carbocycles. The van der Waals surface area contributed by atoms with E-state index in [9.17, 15) is 4.79 Å². The minimum Gasteiger partial charge on any atom is -0.456 e. The van der Waals surface area contributed by atoms with Crippen LogP contribution < -0.4 is 0 Å². The number of hydrogen-bond acceptors (Lipinski definition) is 4. The van der Waals surface area contributed by atoms with Gasteiger partial charge >= 0.3 is 0 Å². The van der Waals surface area contributed by atoms with Gasteiger partial charge in [0.15, 0.2) is 5.76 Å². The van der Waals surface area contributed by atoms with Crippen LogP contribution in [0.15, 0.2) is 10.5 Å². The molecule has 0 bridgehead atoms. The molecule has 3 heterocycles. The molecule has 5 nitrogen and oxygen atoms in total. The summed E-state index contributed by atoms with van der Waals surface area (Å²) in [5.74, 6) is 1.60. The van der Waals surface area contributed by atoms with Crippen LogP contribution >= 0.6 is 0 Å². The molecule has 1 aromatic rings. The first-order valence-electron chi connectivity index (χ1n) is 10.5. The van der Waals surface area contributed by atoms with Crippen molar-refractivity contribution in [2.24, 2.45) is 0 Å². The number of furan rings is 1. The first-order chi connectivity index (χ1) is 12.7. The molecule has 1 amide bonds. The highest BCUT2D eigenvalue weighted by molar-refractivity contribution is 5.92. The molecular formula is C21H35N3O2. The normalized spacial score (nSPS) is 21.2. The fraction of sp³-hybridized carbons (Fsp3) is 0.762. The molecule has 5 heteroatoms. The molecule has 1 aromatic heterocycles. The molecule has 0 radical (unpaired) electrons. The Kier molecular flexibility index (Phi) is 6.76. The molecule has 2 aliphatic rings. The summed E-state index contributed by atoms with van der Waals surface area (Å²) < 4.78 is 6.01. The van der Waals surface area contributed by atoms with Crippen LogP contribution in [-0.4, -0.2) is 65.9 Å². The summed E-state index contributed by atoms with van der Waals surface area (Å²) in [7, 11) is 0. The summed E-state index contributed by atoms with van der Waals surface area (Å²) in [6, 6.07) is 2.35. The standard InChI is InChI=1S/C21H35N3O2/c1-4-19-17(15-22(5-2)6-3)14-20(26-19)21(25)24-13-9-10-18(24)16-23-11-7-8-12-23/h14,18H,4-13,15-16H2,1-3H3/t18-/m0/s1. The van der Waals surface area contributed by atoms with Crippen molar-refractivity contribution in [2.45, 2.75) is 65.5 Å². The predicted octanol–water partition coefficient (Wildman–Crippen LogP) is 3.38. The molecule has 26 heavy (non-hydrogen) atoms. The van der Waals surface area contributed by atoms with Gasteiger partial charge in [-0.25, -0.2) is 0 Å². The largest absolute Gasteiger partial charge is 0.456 e. The minimum absolute atomic E-state index is 0.0900. The van der Waals surface area contributed by atoms with E-state index >= 15 is 0 Å². The van der Waals surface area contributed by atoms with E-state index in [0.29, 0.717) is 11.8 Å². The van der Waals surface area contributed by atoms with Gasteiger partial charge in [-0.15, -0.1) is 0 Å². The Labute approximate surface area is 158 Å². The van der Waals surface area contributed by atoms with E-state index in [1.807, 2.05) is 6.07 Å². The third kappa shape index (κ3) is 4.32. The van der Waals surface area contributed by atoms with Gasteiger partial charge in [0, 0.05) is 37.7 Å². The molecule has 0 spiro atoms. The van der Waals surface area contributed by atoms with Gasteiger partial charge in [-0.1, -0.05) is 20.8 Å². The van der Waals surface area contributed by atoms with Crippen LogP contribution in [0, 0.1) is 0 Å². The lowest BCUT2D eigenvalue weighted by Crippen LogP contribution is -2.42. The maximum Gasteiger partial charge on any atom is 0.289 e. The third-order valence-electron chi connectivity index (χ3n) is 6.02. The van der Waals surface area contributed by atoms with Crippen molar-refractivity contribution in [3.05, 3.63) is 23.2 Å². The van der Waals surface area contributed by atoms with Crippen molar-refractivity contribution in [2.75, 3.05) is 39.3 Å². The Balaban J connectivity index is 1.70. The number of amides is 1. The Hall–Kier alpha value is -1.33. The number of nitrogens with zero attached hydrogens (tertiary/aromatic N) is 3. The first kappa shape index (κ1) is 19.4. The molecule has 2 aliphatic heterocycles. The van der Waals surface area contributed by atoms with Gasteiger partial charge in [0.25, 0.3) is 5.91 Å². The van der Waals surface area contributed by atoms with Crippen LogP contribution in [-0.2, 0) is 13.0 Å². The molecule has 0 saturated carbocycles. The minimum atomic E-state index is 0.0900. The Morgan fingerprint density at radius 3 is 2.54 bits per heavy atom. The quantitative estimate of drug-likeness (QED) is 0.712. The Bertz CT molecular complexity index is 588. The summed E-state index contributed by atoms with van der Waals surface area (Å²) in [6.07, 6.45) is 5.66. The summed E-state index contributed by atoms with van der Waals surface area (Å²) in [5, 5.41) is 0. The van der Waals surface area contributed by atoms with Crippen LogP contribution in [0.25, 0.3) is 0 Å². The summed E-state index contributed by atoms with van der Waals surface area (Å²) in [5.41, 5.74) is 1.18. The zero-order valence-electron chi connectivity index (χ0n) is 16.8. The second-order valence-electron chi connectivity index (χ2n) is 7.68. The van der Waals surface area contributed by atoms with Gasteiger partial charge in [-0.2, -0.15) is 0 Å². The maximum atomic E-state index is 13.1. The number of carbonyl (C=O) groups is 1. The van der Waals surface area contributed by atoms with Gasteiger partial charge < -0.3 is 14.2 Å². The van der Waals surface area contributed by atoms with E-state index < -0.39 is 0 Å². The molecule has 2 fully saturated rings. The van der Waals surface area contributed by atoms with Crippen LogP contribution in [0.2, 0.25) is 0 Å². The fourth-order valence-corrected chi connectivity index (χ4v) is 4.39. The lowest BCUT2D eigenvalue weighted by Gasteiger charge is -2.27. The molecule has 0 aromatic carbocycles. The van der Waals surface area contributed by atoms with Crippen LogP contribution in [0.5, 0.6) is 0 Å². The highest BCUT2D eigenvalue weighted by Gasteiger charge is 2.33. The number of carbonyl (C=O) groups excluding carboxylic acids is 1. The Morgan fingerprint density at radius 2 is 1.88 bits per heavy atom. The van der Waals surface area contributed by atoms with Gasteiger partial charge in [-0.3, -0.25) is 9.69 Å². The highest BCUT2D eigenvalue weighted by atomic mass is 16.4. The molecule has 146 valence electrons. The van der Waals surface area contributed by atoms with Gasteiger partial charge in [0.2, 0.25) is 0 Å². The SMILES string of the molecule is CCc1oc(C(=O)N2CCC[C@H]2CN2CCCC2)cc1CN(CC)CC. The fourth-order valence-electron chi connectivity index (χ4n) is 4.39. The molecule has 0 unspecified atom stereocenters. The lowest BCUT2D eigenvalue weighted by molar-refractivity contribution is 0.0675. The number of aryl methyl sites for hydroxylation is 1. The van der Waals surface area contributed by atoms with E-state index in [1.54, 1.807) is 0 Å². The predicted molar refractivity (Wildman–Crippen MR) is 104 cm³/mol. The number of rotatable bonds is 8. The summed E-state index contributed by atoms with van der Waals surface area (Å²) in [4.78, 5) is 20.1. The first-order valence-corrected chi connectivity index (χ1v) is 10.5. The summed E-state index contributed by atoms with van der Waals surface area (Å²) >= 11 is 0. The van der Waals surface area contributed by atoms with Crippen molar-refractivity contribution in [3.8, 4) is 0 Å². The van der Waals surface area contributed by atoms with E-state index in [2.05, 4.69) is 35.5 Å².